The fourth-order valence-electron chi connectivity index (χ4n) is 3.48. The van der Waals surface area contributed by atoms with E-state index >= 15 is 0 Å². The number of hydrogen-bond donors (Lipinski definition) is 4. The van der Waals surface area contributed by atoms with Gasteiger partial charge in [-0.15, -0.1) is 33.3 Å². The van der Waals surface area contributed by atoms with Crippen LogP contribution in [0, 0.1) is 6.92 Å². The summed E-state index contributed by atoms with van der Waals surface area (Å²) in [6.07, 6.45) is 0.605. The second kappa shape index (κ2) is 15.4. The largest absolute Gasteiger partial charge is 1.00 e. The van der Waals surface area contributed by atoms with Crippen LogP contribution in [-0.4, -0.2) is 91.8 Å². The second-order valence-electron chi connectivity index (χ2n) is 7.80. The Labute approximate surface area is 274 Å². The molecule has 5 amide bonds. The molecule has 1 saturated heterocycles. The molecule has 0 spiro atoms. The van der Waals surface area contributed by atoms with E-state index in [0.717, 1.165) is 21.2 Å². The van der Waals surface area contributed by atoms with E-state index in [1.165, 1.54) is 40.2 Å². The minimum atomic E-state index is -1.52. The van der Waals surface area contributed by atoms with E-state index in [9.17, 15) is 33.9 Å². The Kier molecular flexibility index (Phi) is 12.3. The summed E-state index contributed by atoms with van der Waals surface area (Å²) >= 11 is 4.88. The summed E-state index contributed by atoms with van der Waals surface area (Å²) in [5, 5.41) is 30.0. The van der Waals surface area contributed by atoms with Crippen molar-refractivity contribution >= 4 is 93.6 Å². The van der Waals surface area contributed by atoms with Crippen molar-refractivity contribution in [3.63, 3.8) is 0 Å². The van der Waals surface area contributed by atoms with E-state index in [2.05, 4.69) is 31.0 Å². The number of carbonyl (C=O) groups is 6. The average Bonchev–Trinajstić information content (AvgIpc) is 3.59. The number of thioether (sulfide) groups is 2. The maximum Gasteiger partial charge on any atom is 1.00 e. The molecule has 0 saturated carbocycles. The molecule has 2 aromatic rings. The van der Waals surface area contributed by atoms with Crippen LogP contribution in [0.15, 0.2) is 26.1 Å². The van der Waals surface area contributed by atoms with Crippen LogP contribution < -0.4 is 56.1 Å². The SMILES string of the molecule is Cc1nnc(SCC2=C(C(=O)[O-])N3C(=O)C(NC(=O)C(=NOCC(=O)NNC=O)c4csc(NC=O)n4)[C@H]3SC2)s1.[Na+]. The van der Waals surface area contributed by atoms with Gasteiger partial charge in [-0.25, -0.2) is 4.98 Å². The van der Waals surface area contributed by atoms with Gasteiger partial charge in [0.05, 0.1) is 11.7 Å². The van der Waals surface area contributed by atoms with Gasteiger partial charge in [-0.2, -0.15) is 0 Å². The molecule has 2 aliphatic heterocycles. The van der Waals surface area contributed by atoms with Crippen molar-refractivity contribution in [3.05, 3.63) is 27.4 Å². The first-order valence-corrected chi connectivity index (χ1v) is 14.9. The third kappa shape index (κ3) is 7.85. The van der Waals surface area contributed by atoms with Gasteiger partial charge in [0.2, 0.25) is 12.8 Å². The molecule has 1 fully saturated rings. The summed E-state index contributed by atoms with van der Waals surface area (Å²) in [5.74, 6) is -3.38. The number of aromatic nitrogens is 3. The zero-order chi connectivity index (χ0) is 29.5. The monoisotopic (exact) mass is 663 g/mol. The number of nitrogens with zero attached hydrogens (tertiary/aromatic N) is 5. The van der Waals surface area contributed by atoms with E-state index < -0.39 is 47.4 Å². The van der Waals surface area contributed by atoms with Crippen LogP contribution in [0.5, 0.6) is 0 Å². The van der Waals surface area contributed by atoms with Gasteiger partial charge in [0, 0.05) is 16.9 Å². The number of hydrazine groups is 1. The van der Waals surface area contributed by atoms with Crippen molar-refractivity contribution in [1.29, 1.82) is 0 Å². The van der Waals surface area contributed by atoms with Gasteiger partial charge in [-0.3, -0.25) is 39.7 Å². The zero-order valence-corrected chi connectivity index (χ0v) is 26.9. The van der Waals surface area contributed by atoms with Gasteiger partial charge < -0.3 is 25.4 Å². The number of nitrogens with one attached hydrogen (secondary N) is 4. The maximum absolute atomic E-state index is 13.2. The van der Waals surface area contributed by atoms with E-state index in [-0.39, 0.29) is 64.0 Å². The predicted molar refractivity (Wildman–Crippen MR) is 144 cm³/mol. The Balaban J connectivity index is 0.00000484. The molecule has 216 valence electrons. The Morgan fingerprint density at radius 1 is 1.29 bits per heavy atom. The third-order valence-electron chi connectivity index (χ3n) is 5.17. The van der Waals surface area contributed by atoms with E-state index in [1.54, 1.807) is 6.92 Å². The van der Waals surface area contributed by atoms with Crippen molar-refractivity contribution < 1.29 is 68.3 Å². The van der Waals surface area contributed by atoms with Gasteiger partial charge in [0.1, 0.15) is 22.1 Å². The summed E-state index contributed by atoms with van der Waals surface area (Å²) in [7, 11) is 0. The first-order valence-electron chi connectivity index (χ1n) is 11.2. The smallest absolute Gasteiger partial charge is 0.543 e. The Morgan fingerprint density at radius 3 is 2.74 bits per heavy atom. The van der Waals surface area contributed by atoms with Crippen molar-refractivity contribution in [3.8, 4) is 0 Å². The molecule has 22 heteroatoms. The zero-order valence-electron chi connectivity index (χ0n) is 21.6. The number of oxime groups is 1. The van der Waals surface area contributed by atoms with Crippen LogP contribution in [0.4, 0.5) is 5.13 Å². The fourth-order valence-corrected chi connectivity index (χ4v) is 7.44. The molecule has 2 aliphatic rings. The molecular formula is C20H18N9NaO8S4. The molecule has 0 aromatic carbocycles. The van der Waals surface area contributed by atoms with E-state index in [1.807, 2.05) is 10.9 Å². The molecule has 42 heavy (non-hydrogen) atoms. The van der Waals surface area contributed by atoms with Crippen LogP contribution in [0.1, 0.15) is 10.7 Å². The Bertz CT molecular complexity index is 1450. The minimum absolute atomic E-state index is 0. The van der Waals surface area contributed by atoms with E-state index in [4.69, 9.17) is 4.84 Å². The number of aryl methyl sites for hydroxylation is 1. The topological polar surface area (TPSA) is 237 Å². The Hall–Kier alpha value is -3.08. The fraction of sp³-hybridized carbons (Fsp3) is 0.300. The first-order chi connectivity index (χ1) is 19.7. The molecule has 2 aromatic heterocycles. The van der Waals surface area contributed by atoms with Crippen LogP contribution in [0.3, 0.4) is 0 Å². The number of aliphatic carboxylic acids is 1. The van der Waals surface area contributed by atoms with Gasteiger partial charge >= 0.3 is 29.6 Å². The maximum atomic E-state index is 13.2. The van der Waals surface area contributed by atoms with Gasteiger partial charge in [-0.05, 0) is 12.5 Å². The number of amides is 5. The summed E-state index contributed by atoms with van der Waals surface area (Å²) in [4.78, 5) is 81.0. The van der Waals surface area contributed by atoms with Crippen LogP contribution in [-0.2, 0) is 33.6 Å². The van der Waals surface area contributed by atoms with Crippen LogP contribution in [0.2, 0.25) is 0 Å². The third-order valence-corrected chi connectivity index (χ3v) is 9.34. The molecule has 1 unspecified atom stereocenters. The molecule has 0 radical (unpaired) electrons. The van der Waals surface area contributed by atoms with Gasteiger partial charge in [0.15, 0.2) is 21.8 Å². The van der Waals surface area contributed by atoms with Gasteiger partial charge in [-0.1, -0.05) is 28.3 Å². The number of fused-ring (bicyclic) bond motifs is 1. The quantitative estimate of drug-likeness (QED) is 0.0369. The number of hydrogen-bond acceptors (Lipinski definition) is 16. The number of thiazole rings is 1. The molecular weight excluding hydrogens is 646 g/mol. The number of anilines is 1. The second-order valence-corrected chi connectivity index (χ2v) is 12.2. The van der Waals surface area contributed by atoms with Crippen LogP contribution in [0.25, 0.3) is 0 Å². The number of carboxylic acid groups (broad SMARTS) is 1. The van der Waals surface area contributed by atoms with Crippen molar-refractivity contribution in [1.82, 2.24) is 36.2 Å². The first kappa shape index (κ1) is 33.4. The number of carbonyl (C=O) groups excluding carboxylic acids is 6. The van der Waals surface area contributed by atoms with Crippen molar-refractivity contribution in [2.75, 3.05) is 23.4 Å². The summed E-state index contributed by atoms with van der Waals surface area (Å²) in [6.45, 7) is 1.11. The summed E-state index contributed by atoms with van der Waals surface area (Å²) in [5.41, 5.74) is 3.66. The van der Waals surface area contributed by atoms with Crippen molar-refractivity contribution in [2.24, 2.45) is 5.16 Å². The molecule has 0 aliphatic carbocycles. The van der Waals surface area contributed by atoms with Gasteiger partial charge in [0.25, 0.3) is 17.7 Å². The number of carboxylic acids is 1. The predicted octanol–water partition coefficient (Wildman–Crippen LogP) is -5.43. The number of β-lactam (4-membered cyclic amide) rings is 1. The van der Waals surface area contributed by atoms with Crippen LogP contribution >= 0.6 is 46.2 Å². The summed E-state index contributed by atoms with van der Waals surface area (Å²) in [6, 6.07) is -1.11. The molecule has 4 heterocycles. The average molecular weight is 664 g/mol. The molecule has 2 atom stereocenters. The standard InChI is InChI=1S/C20H19N9O8S4.Na/c1-8-25-27-20(41-8)40-4-9-3-38-17-13(16(34)29(17)14(9)18(35)36)24-15(33)12(10-5-39-19(23-10)21-6-30)28-37-2-11(32)26-22-7-31;/h5-7,13,17H,2-4H2,1H3,(H,22,31)(H,24,33)(H,26,32)(H,35,36)(H,21,23,30);/q;+1/p-1/t13?,17-;/m1./s1. The Morgan fingerprint density at radius 2 is 2.07 bits per heavy atom. The number of rotatable bonds is 14. The molecule has 0 bridgehead atoms. The molecule has 4 rings (SSSR count). The molecule has 17 nitrogen and oxygen atoms in total. The summed E-state index contributed by atoms with van der Waals surface area (Å²) < 4.78 is 0.653. The normalized spacial score (nSPS) is 17.7. The molecule has 4 N–H and O–H groups in total. The van der Waals surface area contributed by atoms with Crippen molar-refractivity contribution in [2.45, 2.75) is 22.7 Å². The minimum Gasteiger partial charge on any atom is -0.543 e. The van der Waals surface area contributed by atoms with E-state index in [0.29, 0.717) is 16.3 Å².